The fourth-order valence-corrected chi connectivity index (χ4v) is 2.10. The van der Waals surface area contributed by atoms with E-state index < -0.39 is 17.7 Å². The number of H-pyrrole nitrogens is 1. The van der Waals surface area contributed by atoms with Gasteiger partial charge in [0.05, 0.1) is 22.8 Å². The molecule has 25 heavy (non-hydrogen) atoms. The van der Waals surface area contributed by atoms with Crippen LogP contribution in [0.2, 0.25) is 0 Å². The van der Waals surface area contributed by atoms with Gasteiger partial charge in [-0.25, -0.2) is 14.6 Å². The van der Waals surface area contributed by atoms with Gasteiger partial charge in [-0.2, -0.15) is 0 Å². The highest BCUT2D eigenvalue weighted by Crippen LogP contribution is 2.11. The number of ether oxygens (including phenoxy) is 1. The molecule has 1 heterocycles. The van der Waals surface area contributed by atoms with Crippen molar-refractivity contribution in [1.82, 2.24) is 14.9 Å². The van der Waals surface area contributed by atoms with Gasteiger partial charge in [0, 0.05) is 6.54 Å². The summed E-state index contributed by atoms with van der Waals surface area (Å²) in [4.78, 5) is 32.5. The van der Waals surface area contributed by atoms with E-state index in [1.165, 1.54) is 11.8 Å². The van der Waals surface area contributed by atoms with Gasteiger partial charge < -0.3 is 19.7 Å². The fraction of sp³-hybridized carbons (Fsp3) is 0.500. The van der Waals surface area contributed by atoms with Crippen LogP contribution in [0.1, 0.15) is 46.9 Å². The van der Waals surface area contributed by atoms with E-state index >= 15 is 0 Å². The minimum absolute atomic E-state index is 0.144. The molecule has 0 saturated heterocycles. The number of nitrogens with one attached hydrogen (secondary N) is 1. The van der Waals surface area contributed by atoms with E-state index in [0.717, 1.165) is 0 Å². The number of amides is 1. The van der Waals surface area contributed by atoms with Crippen molar-refractivity contribution in [3.05, 3.63) is 29.2 Å². The van der Waals surface area contributed by atoms with Crippen LogP contribution in [0, 0.1) is 0 Å². The smallest absolute Gasteiger partial charge is 0.410 e. The maximum Gasteiger partial charge on any atom is 0.410 e. The second-order valence-electron chi connectivity index (χ2n) is 6.64. The molecule has 0 aromatic carbocycles. The van der Waals surface area contributed by atoms with Crippen LogP contribution in [0.3, 0.4) is 0 Å². The zero-order valence-electron chi connectivity index (χ0n) is 15.5. The minimum Gasteiger partial charge on any atom is -0.478 e. The lowest BCUT2D eigenvalue weighted by molar-refractivity contribution is -0.130. The molecule has 0 saturated carbocycles. The second kappa shape index (κ2) is 8.50. The number of imidazole rings is 1. The van der Waals surface area contributed by atoms with Crippen LogP contribution in [0.25, 0.3) is 11.6 Å². The molecule has 0 fully saturated rings. The first-order valence-corrected chi connectivity index (χ1v) is 8.13. The van der Waals surface area contributed by atoms with Gasteiger partial charge in [-0.3, -0.25) is 0 Å². The van der Waals surface area contributed by atoms with E-state index in [4.69, 9.17) is 4.74 Å². The quantitative estimate of drug-likeness (QED) is 0.763. The Balaban J connectivity index is 3.17. The molecule has 0 aliphatic carbocycles. The summed E-state index contributed by atoms with van der Waals surface area (Å²) in [5.74, 6) is -0.532. The Morgan fingerprint density at radius 2 is 2.04 bits per heavy atom. The normalized spacial score (nSPS) is 13.4. The molecule has 0 atom stereocenters. The number of carboxylic acid groups (broad SMARTS) is 1. The molecule has 1 amide bonds. The number of aromatic amines is 1. The molecule has 1 aromatic heterocycles. The number of carboxylic acids is 1. The molecule has 138 valence electrons. The fourth-order valence-electron chi connectivity index (χ4n) is 2.10. The summed E-state index contributed by atoms with van der Waals surface area (Å²) < 4.78 is 5.42. The number of carbonyl (C=O) groups excluding carboxylic acids is 1. The number of aliphatic carboxylic acids is 1. The average Bonchev–Trinajstić information content (AvgIpc) is 2.91. The van der Waals surface area contributed by atoms with Crippen molar-refractivity contribution in [3.8, 4) is 0 Å². The van der Waals surface area contributed by atoms with Gasteiger partial charge in [-0.05, 0) is 41.0 Å². The van der Waals surface area contributed by atoms with E-state index in [1.54, 1.807) is 39.8 Å². The van der Waals surface area contributed by atoms with Crippen LogP contribution < -0.4 is 10.7 Å². The Hall–Kier alpha value is -2.57. The molecule has 0 unspecified atom stereocenters. The zero-order valence-corrected chi connectivity index (χ0v) is 15.5. The predicted molar refractivity (Wildman–Crippen MR) is 96.2 cm³/mol. The highest BCUT2D eigenvalue weighted by Gasteiger charge is 2.22. The minimum atomic E-state index is -1.03. The Morgan fingerprint density at radius 1 is 1.40 bits per heavy atom. The van der Waals surface area contributed by atoms with E-state index in [2.05, 4.69) is 16.5 Å². The summed E-state index contributed by atoms with van der Waals surface area (Å²) in [6.07, 6.45) is 3.63. The monoisotopic (exact) mass is 349 g/mol. The van der Waals surface area contributed by atoms with Crippen molar-refractivity contribution in [2.45, 2.75) is 53.2 Å². The van der Waals surface area contributed by atoms with Gasteiger partial charge in [-0.15, -0.1) is 6.58 Å². The summed E-state index contributed by atoms with van der Waals surface area (Å²) in [5.41, 5.74) is -0.459. The standard InChI is InChI=1S/C18H27N3O4/c1-7-9-10-21(17(24)25-18(4,5)6)11-14-19-13(8-2)15(20-14)12(3)16(22)23/h7-8H,1,9-11H2,2-6H3,(H,19,20)(H,22,23). The third kappa shape index (κ3) is 6.10. The zero-order chi connectivity index (χ0) is 19.2. The molecular weight excluding hydrogens is 322 g/mol. The van der Waals surface area contributed by atoms with Crippen LogP contribution in [0.5, 0.6) is 0 Å². The summed E-state index contributed by atoms with van der Waals surface area (Å²) >= 11 is 0. The van der Waals surface area contributed by atoms with E-state index in [1.807, 2.05) is 0 Å². The van der Waals surface area contributed by atoms with Crippen LogP contribution in [-0.4, -0.2) is 44.2 Å². The third-order valence-corrected chi connectivity index (χ3v) is 3.34. The van der Waals surface area contributed by atoms with Crippen LogP contribution in [0.4, 0.5) is 4.79 Å². The Morgan fingerprint density at radius 3 is 2.52 bits per heavy atom. The molecular formula is C18H27N3O4. The third-order valence-electron chi connectivity index (χ3n) is 3.34. The Kier molecular flexibility index (Phi) is 6.97. The number of hydrogen-bond acceptors (Lipinski definition) is 4. The van der Waals surface area contributed by atoms with Gasteiger partial charge in [0.1, 0.15) is 11.4 Å². The van der Waals surface area contributed by atoms with Gasteiger partial charge >= 0.3 is 12.1 Å². The van der Waals surface area contributed by atoms with Crippen molar-refractivity contribution < 1.29 is 19.4 Å². The summed E-state index contributed by atoms with van der Waals surface area (Å²) in [5, 5.41) is 10.2. The number of hydrogen-bond donors (Lipinski definition) is 2. The van der Waals surface area contributed by atoms with Gasteiger partial charge in [0.15, 0.2) is 0 Å². The number of carbonyl (C=O) groups is 2. The predicted octanol–water partition coefficient (Wildman–Crippen LogP) is 1.78. The lowest BCUT2D eigenvalue weighted by Crippen LogP contribution is -2.37. The maximum absolute atomic E-state index is 12.4. The Labute approximate surface area is 147 Å². The average molecular weight is 349 g/mol. The van der Waals surface area contributed by atoms with E-state index in [9.17, 15) is 14.7 Å². The summed E-state index contributed by atoms with van der Waals surface area (Å²) in [6, 6.07) is 0. The highest BCUT2D eigenvalue weighted by molar-refractivity contribution is 6.07. The first kappa shape index (κ1) is 20.5. The van der Waals surface area contributed by atoms with Crippen molar-refractivity contribution in [2.75, 3.05) is 6.54 Å². The largest absolute Gasteiger partial charge is 0.478 e. The second-order valence-corrected chi connectivity index (χ2v) is 6.64. The maximum atomic E-state index is 12.4. The molecule has 0 spiro atoms. The number of nitrogens with zero attached hydrogens (tertiary/aromatic N) is 2. The molecule has 0 aliphatic rings. The molecule has 7 nitrogen and oxygen atoms in total. The molecule has 7 heteroatoms. The first-order chi connectivity index (χ1) is 11.6. The van der Waals surface area contributed by atoms with Crippen molar-refractivity contribution in [1.29, 1.82) is 0 Å². The molecule has 0 bridgehead atoms. The number of aromatic nitrogens is 2. The van der Waals surface area contributed by atoms with Gasteiger partial charge in [-0.1, -0.05) is 12.2 Å². The molecule has 2 N–H and O–H groups in total. The SMILES string of the molecule is C=CCCN(Cc1nc(=C(C)C(=O)O)c(=CC)[nH]1)C(=O)OC(C)(C)C. The molecule has 0 radical (unpaired) electrons. The van der Waals surface area contributed by atoms with Crippen LogP contribution in [0.15, 0.2) is 12.7 Å². The molecule has 1 rings (SSSR count). The van der Waals surface area contributed by atoms with Gasteiger partial charge in [0.25, 0.3) is 0 Å². The van der Waals surface area contributed by atoms with E-state index in [-0.39, 0.29) is 12.1 Å². The summed E-state index contributed by atoms with van der Waals surface area (Å²) in [7, 11) is 0. The topological polar surface area (TPSA) is 95.5 Å². The van der Waals surface area contributed by atoms with Crippen molar-refractivity contribution >= 4 is 23.7 Å². The van der Waals surface area contributed by atoms with Crippen molar-refractivity contribution in [3.63, 3.8) is 0 Å². The highest BCUT2D eigenvalue weighted by atomic mass is 16.6. The Bertz CT molecular complexity index is 756. The molecule has 0 aliphatic heterocycles. The van der Waals surface area contributed by atoms with Crippen LogP contribution >= 0.6 is 0 Å². The molecule has 1 aromatic rings. The summed E-state index contributed by atoms with van der Waals surface area (Å²) in [6.45, 7) is 13.0. The van der Waals surface area contributed by atoms with Gasteiger partial charge in [0.2, 0.25) is 0 Å². The van der Waals surface area contributed by atoms with E-state index in [0.29, 0.717) is 29.5 Å². The lowest BCUT2D eigenvalue weighted by Gasteiger charge is -2.26. The first-order valence-electron chi connectivity index (χ1n) is 8.13. The van der Waals surface area contributed by atoms with Crippen molar-refractivity contribution in [2.24, 2.45) is 0 Å². The van der Waals surface area contributed by atoms with Crippen LogP contribution in [-0.2, 0) is 16.1 Å². The lowest BCUT2D eigenvalue weighted by atomic mass is 10.2. The number of rotatable bonds is 6.